The monoisotopic (exact) mass is 370 g/mol. The fourth-order valence-electron chi connectivity index (χ4n) is 2.88. The maximum atomic E-state index is 14.4. The molecule has 25 heavy (non-hydrogen) atoms. The average Bonchev–Trinajstić information content (AvgIpc) is 3.05. The standard InChI is InChI=1S/C17H24BFN2O3.ClH/c1-16(2)17(3,4)24-18(23-16)11-5-6-13(14(19)9-11)15(22)21-12-7-8-20-10-12;/h5-6,9,12,20H,7-8,10H2,1-4H3,(H,21,22);1H/t12-;/m1./s1. The summed E-state index contributed by atoms with van der Waals surface area (Å²) in [5.74, 6) is -0.952. The molecule has 0 aliphatic carbocycles. The average molecular weight is 371 g/mol. The molecular weight excluding hydrogens is 345 g/mol. The molecule has 1 atom stereocenters. The number of hydrogen-bond acceptors (Lipinski definition) is 4. The normalized spacial score (nSPS) is 24.0. The van der Waals surface area contributed by atoms with Crippen LogP contribution < -0.4 is 16.1 Å². The van der Waals surface area contributed by atoms with E-state index in [0.29, 0.717) is 5.46 Å². The first-order chi connectivity index (χ1) is 11.2. The molecule has 2 N–H and O–H groups in total. The molecule has 2 aliphatic rings. The molecule has 0 spiro atoms. The Bertz CT molecular complexity index is 635. The fourth-order valence-corrected chi connectivity index (χ4v) is 2.88. The van der Waals surface area contributed by atoms with E-state index in [1.54, 1.807) is 6.07 Å². The van der Waals surface area contributed by atoms with E-state index in [0.717, 1.165) is 19.5 Å². The van der Waals surface area contributed by atoms with Gasteiger partial charge in [-0.3, -0.25) is 4.79 Å². The molecule has 1 amide bonds. The Morgan fingerprint density at radius 3 is 2.44 bits per heavy atom. The zero-order valence-electron chi connectivity index (χ0n) is 15.0. The third kappa shape index (κ3) is 4.00. The Balaban J connectivity index is 0.00000225. The molecule has 0 unspecified atom stereocenters. The van der Waals surface area contributed by atoms with E-state index in [1.165, 1.54) is 12.1 Å². The highest BCUT2D eigenvalue weighted by Gasteiger charge is 2.51. The van der Waals surface area contributed by atoms with Gasteiger partial charge in [0.15, 0.2) is 0 Å². The summed E-state index contributed by atoms with van der Waals surface area (Å²) in [6.07, 6.45) is 0.860. The van der Waals surface area contributed by atoms with Gasteiger partial charge in [0, 0.05) is 12.6 Å². The minimum Gasteiger partial charge on any atom is -0.399 e. The Labute approximate surface area is 154 Å². The Kier molecular flexibility index (Phi) is 5.83. The van der Waals surface area contributed by atoms with Crippen molar-refractivity contribution in [1.29, 1.82) is 0 Å². The number of carbonyl (C=O) groups excluding carboxylic acids is 1. The number of amides is 1. The van der Waals surface area contributed by atoms with Crippen LogP contribution in [0.2, 0.25) is 0 Å². The molecule has 138 valence electrons. The number of benzene rings is 1. The molecule has 0 radical (unpaired) electrons. The van der Waals surface area contributed by atoms with Crippen LogP contribution in [0.5, 0.6) is 0 Å². The van der Waals surface area contributed by atoms with Crippen LogP contribution in [0.15, 0.2) is 18.2 Å². The van der Waals surface area contributed by atoms with Gasteiger partial charge in [0.1, 0.15) is 5.82 Å². The number of hydrogen-bond donors (Lipinski definition) is 2. The van der Waals surface area contributed by atoms with E-state index in [1.807, 2.05) is 27.7 Å². The van der Waals surface area contributed by atoms with Gasteiger partial charge in [-0.15, -0.1) is 12.4 Å². The second-order valence-electron chi connectivity index (χ2n) is 7.49. The molecule has 2 aliphatic heterocycles. The van der Waals surface area contributed by atoms with Gasteiger partial charge in [-0.05, 0) is 58.3 Å². The van der Waals surface area contributed by atoms with Gasteiger partial charge < -0.3 is 19.9 Å². The molecule has 0 saturated carbocycles. The molecule has 2 heterocycles. The van der Waals surface area contributed by atoms with Crippen molar-refractivity contribution in [2.45, 2.75) is 51.4 Å². The van der Waals surface area contributed by atoms with Gasteiger partial charge in [0.2, 0.25) is 0 Å². The summed E-state index contributed by atoms with van der Waals surface area (Å²) in [7, 11) is -0.638. The lowest BCUT2D eigenvalue weighted by Gasteiger charge is -2.32. The summed E-state index contributed by atoms with van der Waals surface area (Å²) in [5.41, 5.74) is -0.355. The molecular formula is C17H25BClFN2O3. The van der Waals surface area contributed by atoms with Crippen LogP contribution in [-0.2, 0) is 9.31 Å². The summed E-state index contributed by atoms with van der Waals surface area (Å²) in [4.78, 5) is 12.2. The van der Waals surface area contributed by atoms with Crippen LogP contribution in [0.25, 0.3) is 0 Å². The highest BCUT2D eigenvalue weighted by Crippen LogP contribution is 2.36. The topological polar surface area (TPSA) is 59.6 Å². The third-order valence-corrected chi connectivity index (χ3v) is 5.16. The second-order valence-corrected chi connectivity index (χ2v) is 7.49. The first-order valence-corrected chi connectivity index (χ1v) is 8.36. The molecule has 1 aromatic rings. The third-order valence-electron chi connectivity index (χ3n) is 5.16. The van der Waals surface area contributed by atoms with E-state index in [2.05, 4.69) is 10.6 Å². The van der Waals surface area contributed by atoms with Crippen LogP contribution >= 0.6 is 12.4 Å². The van der Waals surface area contributed by atoms with Crippen LogP contribution in [0, 0.1) is 5.82 Å². The number of rotatable bonds is 3. The fraction of sp³-hybridized carbons (Fsp3) is 0.588. The second kappa shape index (κ2) is 7.23. The summed E-state index contributed by atoms with van der Waals surface area (Å²) < 4.78 is 26.3. The van der Waals surface area contributed by atoms with Crippen molar-refractivity contribution in [3.05, 3.63) is 29.6 Å². The van der Waals surface area contributed by atoms with E-state index in [9.17, 15) is 9.18 Å². The van der Waals surface area contributed by atoms with Crippen LogP contribution in [0.4, 0.5) is 4.39 Å². The quantitative estimate of drug-likeness (QED) is 0.794. The van der Waals surface area contributed by atoms with Crippen molar-refractivity contribution >= 4 is 30.9 Å². The lowest BCUT2D eigenvalue weighted by molar-refractivity contribution is 0.00578. The Morgan fingerprint density at radius 1 is 1.28 bits per heavy atom. The van der Waals surface area contributed by atoms with E-state index in [4.69, 9.17) is 9.31 Å². The van der Waals surface area contributed by atoms with E-state index in [-0.39, 0.29) is 29.9 Å². The predicted molar refractivity (Wildman–Crippen MR) is 98.1 cm³/mol. The maximum absolute atomic E-state index is 14.4. The maximum Gasteiger partial charge on any atom is 0.494 e. The first-order valence-electron chi connectivity index (χ1n) is 8.36. The van der Waals surface area contributed by atoms with Crippen molar-refractivity contribution in [2.75, 3.05) is 13.1 Å². The molecule has 5 nitrogen and oxygen atoms in total. The summed E-state index contributed by atoms with van der Waals surface area (Å²) in [5, 5.41) is 6.01. The Hall–Kier alpha value is -1.15. The van der Waals surface area contributed by atoms with Crippen LogP contribution in [0.1, 0.15) is 44.5 Å². The van der Waals surface area contributed by atoms with Gasteiger partial charge in [0.25, 0.3) is 5.91 Å². The molecule has 8 heteroatoms. The van der Waals surface area contributed by atoms with E-state index < -0.39 is 24.1 Å². The highest BCUT2D eigenvalue weighted by atomic mass is 35.5. The van der Waals surface area contributed by atoms with Crippen molar-refractivity contribution in [3.8, 4) is 0 Å². The highest BCUT2D eigenvalue weighted by molar-refractivity contribution is 6.62. The Morgan fingerprint density at radius 2 is 1.92 bits per heavy atom. The van der Waals surface area contributed by atoms with Crippen molar-refractivity contribution in [3.63, 3.8) is 0 Å². The van der Waals surface area contributed by atoms with Gasteiger partial charge in [0.05, 0.1) is 16.8 Å². The summed E-state index contributed by atoms with van der Waals surface area (Å²) in [6, 6.07) is 4.56. The summed E-state index contributed by atoms with van der Waals surface area (Å²) in [6.45, 7) is 9.37. The zero-order chi connectivity index (χ0) is 17.5. The van der Waals surface area contributed by atoms with Gasteiger partial charge in [-0.25, -0.2) is 4.39 Å². The summed E-state index contributed by atoms with van der Waals surface area (Å²) >= 11 is 0. The van der Waals surface area contributed by atoms with Crippen molar-refractivity contribution in [2.24, 2.45) is 0 Å². The molecule has 0 bridgehead atoms. The van der Waals surface area contributed by atoms with Gasteiger partial charge in [-0.2, -0.15) is 0 Å². The van der Waals surface area contributed by atoms with E-state index >= 15 is 0 Å². The molecule has 0 aromatic heterocycles. The predicted octanol–water partition coefficient (Wildman–Crippen LogP) is 1.64. The molecule has 2 saturated heterocycles. The van der Waals surface area contributed by atoms with Crippen molar-refractivity contribution in [1.82, 2.24) is 10.6 Å². The number of carbonyl (C=O) groups is 1. The first kappa shape index (κ1) is 20.2. The molecule has 3 rings (SSSR count). The zero-order valence-corrected chi connectivity index (χ0v) is 15.8. The minimum absolute atomic E-state index is 0. The van der Waals surface area contributed by atoms with Crippen molar-refractivity contribution < 1.29 is 18.5 Å². The van der Waals surface area contributed by atoms with Crippen LogP contribution in [0.3, 0.4) is 0 Å². The van der Waals surface area contributed by atoms with Gasteiger partial charge in [-0.1, -0.05) is 6.07 Å². The van der Waals surface area contributed by atoms with Crippen LogP contribution in [-0.4, -0.2) is 43.4 Å². The largest absolute Gasteiger partial charge is 0.494 e. The number of nitrogens with one attached hydrogen (secondary N) is 2. The molecule has 1 aromatic carbocycles. The lowest BCUT2D eigenvalue weighted by Crippen LogP contribution is -2.41. The molecule has 2 fully saturated rings. The van der Waals surface area contributed by atoms with Gasteiger partial charge >= 0.3 is 7.12 Å². The SMILES string of the molecule is CC1(C)OB(c2ccc(C(=O)N[C@@H]3CCNC3)c(F)c2)OC1(C)C.Cl. The smallest absolute Gasteiger partial charge is 0.399 e. The number of halogens is 2. The lowest BCUT2D eigenvalue weighted by atomic mass is 9.78. The minimum atomic E-state index is -0.638.